The maximum atomic E-state index is 12.6. The molecule has 0 spiro atoms. The molecule has 1 heterocycles. The second-order valence-corrected chi connectivity index (χ2v) is 6.69. The van der Waals surface area contributed by atoms with Crippen LogP contribution in [-0.4, -0.2) is 12.5 Å². The summed E-state index contributed by atoms with van der Waals surface area (Å²) < 4.78 is 0. The number of thioether (sulfide) groups is 1. The predicted octanol–water partition coefficient (Wildman–Crippen LogP) is 4.20. The molecule has 0 fully saturated rings. The molecule has 0 atom stereocenters. The van der Waals surface area contributed by atoms with E-state index in [0.29, 0.717) is 11.6 Å². The van der Waals surface area contributed by atoms with E-state index in [9.17, 15) is 10.1 Å². The number of para-hydroxylation sites is 1. The van der Waals surface area contributed by atoms with Crippen LogP contribution in [0, 0.1) is 11.3 Å². The summed E-state index contributed by atoms with van der Waals surface area (Å²) in [4.78, 5) is 14.5. The van der Waals surface area contributed by atoms with Crippen molar-refractivity contribution in [1.29, 1.82) is 5.26 Å². The van der Waals surface area contributed by atoms with E-state index in [4.69, 9.17) is 0 Å². The molecule has 1 amide bonds. The Hall–Kier alpha value is -2.97. The molecule has 2 aromatic carbocycles. The summed E-state index contributed by atoms with van der Waals surface area (Å²) in [5.74, 6) is -0.338. The van der Waals surface area contributed by atoms with Crippen molar-refractivity contribution >= 4 is 23.4 Å². The Labute approximate surface area is 157 Å². The molecule has 0 saturated heterocycles. The van der Waals surface area contributed by atoms with Crippen molar-refractivity contribution in [3.63, 3.8) is 0 Å². The fourth-order valence-electron chi connectivity index (χ4n) is 2.72. The van der Waals surface area contributed by atoms with Crippen LogP contribution >= 0.6 is 11.8 Å². The van der Waals surface area contributed by atoms with Crippen LogP contribution in [0.3, 0.4) is 0 Å². The molecule has 4 nitrogen and oxygen atoms in total. The third kappa shape index (κ3) is 3.98. The first-order chi connectivity index (χ1) is 12.7. The number of hydrogen-bond donors (Lipinski definition) is 1. The number of carbonyl (C=O) groups excluding carboxylic acids is 1. The van der Waals surface area contributed by atoms with E-state index in [1.807, 2.05) is 77.9 Å². The summed E-state index contributed by atoms with van der Waals surface area (Å²) in [5, 5.41) is 15.1. The second-order valence-electron chi connectivity index (χ2n) is 5.83. The number of rotatable bonds is 5. The Morgan fingerprint density at radius 3 is 2.42 bits per heavy atom. The van der Waals surface area contributed by atoms with Crippen molar-refractivity contribution < 1.29 is 4.79 Å². The summed E-state index contributed by atoms with van der Waals surface area (Å²) in [6.07, 6.45) is 0.730. The molecule has 2 aromatic rings. The normalized spacial score (nSPS) is 15.2. The minimum atomic E-state index is -0.338. The lowest BCUT2D eigenvalue weighted by Crippen LogP contribution is -2.29. The maximum absolute atomic E-state index is 12.6. The number of allylic oxidation sites excluding steroid dienone is 1. The summed E-state index contributed by atoms with van der Waals surface area (Å²) in [5.41, 5.74) is 3.21. The fraction of sp³-hybridized carbons (Fsp3) is 0.143. The molecule has 0 aromatic heterocycles. The summed E-state index contributed by atoms with van der Waals surface area (Å²) in [7, 11) is 0. The Kier molecular flexibility index (Phi) is 5.77. The van der Waals surface area contributed by atoms with Gasteiger partial charge in [0.1, 0.15) is 16.7 Å². The van der Waals surface area contributed by atoms with Crippen LogP contribution in [0.4, 0.5) is 5.69 Å². The van der Waals surface area contributed by atoms with Crippen LogP contribution in [0.2, 0.25) is 0 Å². The van der Waals surface area contributed by atoms with Crippen molar-refractivity contribution in [1.82, 2.24) is 5.32 Å². The van der Waals surface area contributed by atoms with Crippen molar-refractivity contribution in [3.05, 3.63) is 87.9 Å². The highest BCUT2D eigenvalue weighted by Gasteiger charge is 2.26. The predicted molar refractivity (Wildman–Crippen MR) is 106 cm³/mol. The van der Waals surface area contributed by atoms with E-state index in [0.717, 1.165) is 23.4 Å². The highest BCUT2D eigenvalue weighted by molar-refractivity contribution is 8.06. The van der Waals surface area contributed by atoms with Gasteiger partial charge in [-0.1, -0.05) is 60.3 Å². The molecule has 5 heteroatoms. The number of carbonyl (C=O) groups is 1. The molecular formula is C21H19N3OS. The minimum absolute atomic E-state index is 0.139. The summed E-state index contributed by atoms with van der Waals surface area (Å²) in [6.45, 7) is 2.46. The molecule has 1 N–H and O–H groups in total. The van der Waals surface area contributed by atoms with Gasteiger partial charge in [0.15, 0.2) is 0 Å². The maximum Gasteiger partial charge on any atom is 0.264 e. The number of nitrogens with zero attached hydrogens (tertiary/aromatic N) is 2. The first kappa shape index (κ1) is 17.8. The number of amides is 1. The molecular weight excluding hydrogens is 342 g/mol. The van der Waals surface area contributed by atoms with Crippen LogP contribution in [0.1, 0.15) is 12.5 Å². The van der Waals surface area contributed by atoms with E-state index in [-0.39, 0.29) is 11.5 Å². The zero-order valence-corrected chi connectivity index (χ0v) is 15.3. The van der Waals surface area contributed by atoms with Gasteiger partial charge in [0.2, 0.25) is 0 Å². The van der Waals surface area contributed by atoms with Crippen molar-refractivity contribution in [2.45, 2.75) is 13.3 Å². The lowest BCUT2D eigenvalue weighted by molar-refractivity contribution is -0.117. The van der Waals surface area contributed by atoms with Crippen LogP contribution in [-0.2, 0) is 11.2 Å². The van der Waals surface area contributed by atoms with Gasteiger partial charge in [0.05, 0.1) is 0 Å². The Morgan fingerprint density at radius 2 is 1.77 bits per heavy atom. The minimum Gasteiger partial charge on any atom is -0.351 e. The highest BCUT2D eigenvalue weighted by Crippen LogP contribution is 2.39. The van der Waals surface area contributed by atoms with Gasteiger partial charge in [0.25, 0.3) is 5.91 Å². The number of anilines is 1. The van der Waals surface area contributed by atoms with Gasteiger partial charge in [-0.15, -0.1) is 0 Å². The van der Waals surface area contributed by atoms with E-state index in [1.54, 1.807) is 0 Å². The number of nitriles is 1. The molecule has 0 saturated carbocycles. The van der Waals surface area contributed by atoms with Crippen LogP contribution < -0.4 is 10.2 Å². The SMILES string of the molecule is CC1=CS/C(=C(\C#N)C(=O)NCCc2ccccc2)N1c1ccccc1. The Morgan fingerprint density at radius 1 is 1.12 bits per heavy atom. The number of hydrogen-bond acceptors (Lipinski definition) is 4. The van der Waals surface area contributed by atoms with Gasteiger partial charge < -0.3 is 10.2 Å². The zero-order valence-electron chi connectivity index (χ0n) is 14.5. The van der Waals surface area contributed by atoms with Crippen LogP contribution in [0.15, 0.2) is 82.4 Å². The lowest BCUT2D eigenvalue weighted by atomic mass is 10.1. The first-order valence-electron chi connectivity index (χ1n) is 8.36. The quantitative estimate of drug-likeness (QED) is 0.641. The van der Waals surface area contributed by atoms with Gasteiger partial charge in [0, 0.05) is 17.9 Å². The zero-order chi connectivity index (χ0) is 18.4. The number of benzene rings is 2. The molecule has 3 rings (SSSR count). The monoisotopic (exact) mass is 361 g/mol. The molecule has 1 aliphatic rings. The third-order valence-electron chi connectivity index (χ3n) is 4.01. The van der Waals surface area contributed by atoms with Gasteiger partial charge in [-0.2, -0.15) is 5.26 Å². The largest absolute Gasteiger partial charge is 0.351 e. The van der Waals surface area contributed by atoms with E-state index >= 15 is 0 Å². The standard InChI is InChI=1S/C21H19N3OS/c1-16-15-26-21(24(16)18-10-6-3-7-11-18)19(14-22)20(25)23-13-12-17-8-4-2-5-9-17/h2-11,15H,12-13H2,1H3,(H,23,25)/b21-19+. The van der Waals surface area contributed by atoms with E-state index in [1.165, 1.54) is 11.8 Å². The first-order valence-corrected chi connectivity index (χ1v) is 9.24. The smallest absolute Gasteiger partial charge is 0.264 e. The number of nitrogens with one attached hydrogen (secondary N) is 1. The van der Waals surface area contributed by atoms with Crippen molar-refractivity contribution in [2.75, 3.05) is 11.4 Å². The molecule has 0 bridgehead atoms. The molecule has 130 valence electrons. The topological polar surface area (TPSA) is 56.1 Å². The Bertz CT molecular complexity index is 882. The molecule has 26 heavy (non-hydrogen) atoms. The lowest BCUT2D eigenvalue weighted by Gasteiger charge is -2.22. The van der Waals surface area contributed by atoms with E-state index in [2.05, 4.69) is 11.4 Å². The van der Waals surface area contributed by atoms with Gasteiger partial charge in [-0.05, 0) is 36.4 Å². The summed E-state index contributed by atoms with van der Waals surface area (Å²) in [6, 6.07) is 21.8. The molecule has 0 radical (unpaired) electrons. The van der Waals surface area contributed by atoms with Crippen molar-refractivity contribution in [3.8, 4) is 6.07 Å². The van der Waals surface area contributed by atoms with E-state index < -0.39 is 0 Å². The highest BCUT2D eigenvalue weighted by atomic mass is 32.2. The van der Waals surface area contributed by atoms with Crippen LogP contribution in [0.5, 0.6) is 0 Å². The average Bonchev–Trinajstić information content (AvgIpc) is 3.05. The Balaban J connectivity index is 1.76. The van der Waals surface area contributed by atoms with Gasteiger partial charge in [-0.3, -0.25) is 4.79 Å². The van der Waals surface area contributed by atoms with Gasteiger partial charge >= 0.3 is 0 Å². The molecule has 0 unspecified atom stereocenters. The average molecular weight is 361 g/mol. The van der Waals surface area contributed by atoms with Crippen molar-refractivity contribution in [2.24, 2.45) is 0 Å². The second kappa shape index (κ2) is 8.41. The molecule has 1 aliphatic heterocycles. The van der Waals surface area contributed by atoms with Gasteiger partial charge in [-0.25, -0.2) is 0 Å². The van der Waals surface area contributed by atoms with Crippen LogP contribution in [0.25, 0.3) is 0 Å². The summed E-state index contributed by atoms with van der Waals surface area (Å²) >= 11 is 1.40. The third-order valence-corrected chi connectivity index (χ3v) is 5.08. The fourth-order valence-corrected chi connectivity index (χ4v) is 3.72. The molecule has 0 aliphatic carbocycles.